The number of nitriles is 1. The number of hydrogen-bond donors (Lipinski definition) is 1. The molecule has 0 saturated carbocycles. The molecule has 0 unspecified atom stereocenters. The first kappa shape index (κ1) is 13.5. The summed E-state index contributed by atoms with van der Waals surface area (Å²) < 4.78 is 0. The van der Waals surface area contributed by atoms with Gasteiger partial charge in [0.15, 0.2) is 0 Å². The van der Waals surface area contributed by atoms with Gasteiger partial charge in [-0.05, 0) is 36.5 Å². The third-order valence-electron chi connectivity index (χ3n) is 4.27. The van der Waals surface area contributed by atoms with Gasteiger partial charge in [0.25, 0.3) is 0 Å². The first-order valence-corrected chi connectivity index (χ1v) is 7.38. The maximum Gasteiger partial charge on any atom is 0.101 e. The summed E-state index contributed by atoms with van der Waals surface area (Å²) in [7, 11) is 0. The van der Waals surface area contributed by atoms with E-state index >= 15 is 0 Å². The molecule has 2 aromatic carbocycles. The maximum absolute atomic E-state index is 9.27. The summed E-state index contributed by atoms with van der Waals surface area (Å²) in [6.45, 7) is 1.89. The van der Waals surface area contributed by atoms with Crippen molar-refractivity contribution in [3.8, 4) is 6.07 Å². The Labute approximate surface area is 125 Å². The molecule has 0 atom stereocenters. The van der Waals surface area contributed by atoms with Crippen LogP contribution < -0.4 is 10.6 Å². The predicted octanol–water partition coefficient (Wildman–Crippen LogP) is 3.52. The first-order chi connectivity index (χ1) is 10.3. The fourth-order valence-electron chi connectivity index (χ4n) is 3.17. The Morgan fingerprint density at radius 1 is 1.00 bits per heavy atom. The van der Waals surface area contributed by atoms with Crippen molar-refractivity contribution in [2.24, 2.45) is 0 Å². The van der Waals surface area contributed by atoms with E-state index in [1.54, 1.807) is 0 Å². The Morgan fingerprint density at radius 2 is 1.71 bits per heavy atom. The molecule has 0 aromatic heterocycles. The van der Waals surface area contributed by atoms with Gasteiger partial charge in [-0.25, -0.2) is 0 Å². The second kappa shape index (κ2) is 5.88. The van der Waals surface area contributed by atoms with E-state index in [2.05, 4.69) is 41.3 Å². The van der Waals surface area contributed by atoms with E-state index < -0.39 is 0 Å². The maximum atomic E-state index is 9.27. The molecular formula is C18H19N3. The van der Waals surface area contributed by atoms with E-state index in [1.807, 2.05) is 18.2 Å². The van der Waals surface area contributed by atoms with Crippen LogP contribution in [-0.4, -0.2) is 13.1 Å². The van der Waals surface area contributed by atoms with Crippen molar-refractivity contribution < 1.29 is 0 Å². The van der Waals surface area contributed by atoms with Gasteiger partial charge in [0.2, 0.25) is 0 Å². The summed E-state index contributed by atoms with van der Waals surface area (Å²) in [5.74, 6) is 0.609. The molecule has 2 N–H and O–H groups in total. The molecule has 1 aliphatic heterocycles. The van der Waals surface area contributed by atoms with Gasteiger partial charge in [0.05, 0.1) is 16.9 Å². The number of piperidine rings is 1. The molecule has 0 amide bonds. The van der Waals surface area contributed by atoms with Crippen LogP contribution in [0.4, 0.5) is 11.4 Å². The van der Waals surface area contributed by atoms with Crippen molar-refractivity contribution in [2.45, 2.75) is 18.8 Å². The van der Waals surface area contributed by atoms with E-state index in [9.17, 15) is 5.26 Å². The van der Waals surface area contributed by atoms with E-state index in [0.29, 0.717) is 17.2 Å². The molecule has 1 aliphatic rings. The zero-order valence-corrected chi connectivity index (χ0v) is 12.0. The number of anilines is 2. The van der Waals surface area contributed by atoms with Crippen molar-refractivity contribution in [1.29, 1.82) is 5.26 Å². The van der Waals surface area contributed by atoms with Crippen molar-refractivity contribution in [1.82, 2.24) is 0 Å². The number of nitrogen functional groups attached to an aromatic ring is 1. The zero-order chi connectivity index (χ0) is 14.7. The molecule has 0 radical (unpaired) electrons. The van der Waals surface area contributed by atoms with Gasteiger partial charge >= 0.3 is 0 Å². The van der Waals surface area contributed by atoms with Gasteiger partial charge in [-0.15, -0.1) is 0 Å². The van der Waals surface area contributed by atoms with E-state index in [-0.39, 0.29) is 0 Å². The summed E-state index contributed by atoms with van der Waals surface area (Å²) in [6.07, 6.45) is 2.20. The highest BCUT2D eigenvalue weighted by molar-refractivity contribution is 5.74. The molecule has 3 nitrogen and oxygen atoms in total. The first-order valence-electron chi connectivity index (χ1n) is 7.38. The molecule has 1 heterocycles. The summed E-state index contributed by atoms with van der Waals surface area (Å²) in [4.78, 5) is 2.26. The van der Waals surface area contributed by atoms with Gasteiger partial charge in [-0.2, -0.15) is 5.26 Å². The van der Waals surface area contributed by atoms with Gasteiger partial charge in [-0.1, -0.05) is 36.4 Å². The number of nitrogens with two attached hydrogens (primary N) is 1. The van der Waals surface area contributed by atoms with Crippen LogP contribution in [0.15, 0.2) is 48.5 Å². The minimum atomic E-state index is 0.609. The molecular weight excluding hydrogens is 258 g/mol. The highest BCUT2D eigenvalue weighted by atomic mass is 15.1. The lowest BCUT2D eigenvalue weighted by Gasteiger charge is -2.35. The minimum absolute atomic E-state index is 0.609. The minimum Gasteiger partial charge on any atom is -0.397 e. The smallest absolute Gasteiger partial charge is 0.101 e. The number of rotatable bonds is 2. The van der Waals surface area contributed by atoms with E-state index in [4.69, 9.17) is 5.73 Å². The summed E-state index contributed by atoms with van der Waals surface area (Å²) in [5, 5.41) is 9.27. The second-order valence-corrected chi connectivity index (χ2v) is 5.53. The van der Waals surface area contributed by atoms with Crippen molar-refractivity contribution in [2.75, 3.05) is 23.7 Å². The van der Waals surface area contributed by atoms with Crippen molar-refractivity contribution >= 4 is 11.4 Å². The van der Waals surface area contributed by atoms with Crippen molar-refractivity contribution in [3.05, 3.63) is 59.7 Å². The normalized spacial score (nSPS) is 15.7. The summed E-state index contributed by atoms with van der Waals surface area (Å²) in [5.41, 5.74) is 9.78. The van der Waals surface area contributed by atoms with Crippen LogP contribution in [0.3, 0.4) is 0 Å². The topological polar surface area (TPSA) is 53.1 Å². The molecule has 106 valence electrons. The van der Waals surface area contributed by atoms with E-state index in [0.717, 1.165) is 31.6 Å². The SMILES string of the molecule is N#Cc1cccc(N)c1N1CCC(c2ccccc2)CC1. The number of hydrogen-bond acceptors (Lipinski definition) is 3. The van der Waals surface area contributed by atoms with E-state index in [1.165, 1.54) is 5.56 Å². The molecule has 3 heteroatoms. The van der Waals surface area contributed by atoms with Crippen LogP contribution in [0.5, 0.6) is 0 Å². The van der Waals surface area contributed by atoms with Crippen LogP contribution in [0.2, 0.25) is 0 Å². The standard InChI is InChI=1S/C18H19N3/c19-13-16-7-4-8-17(20)18(16)21-11-9-15(10-12-21)14-5-2-1-3-6-14/h1-8,15H,9-12,20H2. The van der Waals surface area contributed by atoms with Crippen LogP contribution in [0, 0.1) is 11.3 Å². The zero-order valence-electron chi connectivity index (χ0n) is 12.0. The molecule has 1 saturated heterocycles. The molecule has 0 bridgehead atoms. The average molecular weight is 277 g/mol. The Kier molecular flexibility index (Phi) is 3.79. The lowest BCUT2D eigenvalue weighted by Crippen LogP contribution is -2.33. The average Bonchev–Trinajstić information content (AvgIpc) is 2.55. The van der Waals surface area contributed by atoms with Gasteiger partial charge in [0.1, 0.15) is 6.07 Å². The largest absolute Gasteiger partial charge is 0.397 e. The Balaban J connectivity index is 1.77. The van der Waals surface area contributed by atoms with Gasteiger partial charge < -0.3 is 10.6 Å². The number of para-hydroxylation sites is 1. The highest BCUT2D eigenvalue weighted by Crippen LogP contribution is 2.34. The molecule has 2 aromatic rings. The molecule has 1 fully saturated rings. The summed E-state index contributed by atoms with van der Waals surface area (Å²) >= 11 is 0. The fourth-order valence-corrected chi connectivity index (χ4v) is 3.17. The fraction of sp³-hybridized carbons (Fsp3) is 0.278. The quantitative estimate of drug-likeness (QED) is 0.854. The molecule has 0 spiro atoms. The number of nitrogens with zero attached hydrogens (tertiary/aromatic N) is 2. The van der Waals surface area contributed by atoms with Crippen molar-refractivity contribution in [3.63, 3.8) is 0 Å². The van der Waals surface area contributed by atoms with Crippen LogP contribution >= 0.6 is 0 Å². The third kappa shape index (κ3) is 2.71. The van der Waals surface area contributed by atoms with Crippen LogP contribution in [0.1, 0.15) is 29.9 Å². The third-order valence-corrected chi connectivity index (χ3v) is 4.27. The predicted molar refractivity (Wildman–Crippen MR) is 86.2 cm³/mol. The summed E-state index contributed by atoms with van der Waals surface area (Å²) in [6, 6.07) is 18.5. The highest BCUT2D eigenvalue weighted by Gasteiger charge is 2.23. The van der Waals surface area contributed by atoms with Gasteiger partial charge in [0, 0.05) is 13.1 Å². The van der Waals surface area contributed by atoms with Crippen LogP contribution in [-0.2, 0) is 0 Å². The number of benzene rings is 2. The Bertz CT molecular complexity index is 650. The molecule has 0 aliphatic carbocycles. The lowest BCUT2D eigenvalue weighted by atomic mass is 9.89. The van der Waals surface area contributed by atoms with Gasteiger partial charge in [-0.3, -0.25) is 0 Å². The Morgan fingerprint density at radius 3 is 2.38 bits per heavy atom. The lowest BCUT2D eigenvalue weighted by molar-refractivity contribution is 0.505. The van der Waals surface area contributed by atoms with Crippen LogP contribution in [0.25, 0.3) is 0 Å². The molecule has 21 heavy (non-hydrogen) atoms. The monoisotopic (exact) mass is 277 g/mol. The molecule has 3 rings (SSSR count). The second-order valence-electron chi connectivity index (χ2n) is 5.53. The Hall–Kier alpha value is -2.47.